The van der Waals surface area contributed by atoms with Gasteiger partial charge in [-0.1, -0.05) is 12.1 Å². The highest BCUT2D eigenvalue weighted by atomic mass is 16.5. The lowest BCUT2D eigenvalue weighted by atomic mass is 10.2. The molecule has 0 bridgehead atoms. The van der Waals surface area contributed by atoms with Crippen LogP contribution in [0, 0.1) is 6.92 Å². The smallest absolute Gasteiger partial charge is 0.219 e. The molecule has 3 rings (SSSR count). The second-order valence-corrected chi connectivity index (χ2v) is 6.21. The molecule has 0 spiro atoms. The van der Waals surface area contributed by atoms with Gasteiger partial charge in [0, 0.05) is 25.7 Å². The van der Waals surface area contributed by atoms with Crippen LogP contribution in [0.5, 0.6) is 5.88 Å². The summed E-state index contributed by atoms with van der Waals surface area (Å²) in [6.07, 6.45) is 1.61. The van der Waals surface area contributed by atoms with E-state index in [1.165, 1.54) is 5.56 Å². The Labute approximate surface area is 159 Å². The van der Waals surface area contributed by atoms with Crippen molar-refractivity contribution in [3.63, 3.8) is 0 Å². The van der Waals surface area contributed by atoms with Gasteiger partial charge in [-0.25, -0.2) is 4.98 Å². The molecule has 0 saturated carbocycles. The number of aryl methyl sites for hydroxylation is 1. The highest BCUT2D eigenvalue weighted by molar-refractivity contribution is 5.76. The van der Waals surface area contributed by atoms with Crippen molar-refractivity contribution in [2.45, 2.75) is 6.92 Å². The molecule has 0 unspecified atom stereocenters. The predicted molar refractivity (Wildman–Crippen MR) is 107 cm³/mol. The Morgan fingerprint density at radius 1 is 1.26 bits per heavy atom. The van der Waals surface area contributed by atoms with Crippen molar-refractivity contribution in [2.75, 3.05) is 56.8 Å². The van der Waals surface area contributed by atoms with Crippen molar-refractivity contribution in [1.82, 2.24) is 15.3 Å². The van der Waals surface area contributed by atoms with Crippen molar-refractivity contribution in [2.24, 2.45) is 5.10 Å². The lowest BCUT2D eigenvalue weighted by Crippen LogP contribution is -2.37. The second-order valence-electron chi connectivity index (χ2n) is 6.21. The number of likely N-dealkylation sites (N-methyl/N-ethyl adjacent to an activating group) is 1. The van der Waals surface area contributed by atoms with E-state index in [2.05, 4.69) is 30.7 Å². The van der Waals surface area contributed by atoms with Crippen molar-refractivity contribution in [3.05, 3.63) is 41.7 Å². The lowest BCUT2D eigenvalue weighted by Gasteiger charge is -2.28. The fourth-order valence-electron chi connectivity index (χ4n) is 2.65. The van der Waals surface area contributed by atoms with Gasteiger partial charge < -0.3 is 19.7 Å². The molecule has 0 atom stereocenters. The standard InChI is InChI=1S/C19H26N6O2/c1-15-4-3-5-16(12-15)24-21-14-17-22-18(25-7-10-26-11-8-25)13-19(23-17)27-9-6-20-2/h3-5,12-14,20,24H,6-11H2,1-2H3. The molecule has 2 aromatic rings. The van der Waals surface area contributed by atoms with Crippen molar-refractivity contribution in [1.29, 1.82) is 0 Å². The van der Waals surface area contributed by atoms with E-state index in [1.807, 2.05) is 44.3 Å². The summed E-state index contributed by atoms with van der Waals surface area (Å²) >= 11 is 0. The Balaban J connectivity index is 1.74. The number of rotatable bonds is 8. The Hall–Kier alpha value is -2.71. The SMILES string of the molecule is CNCCOc1cc(N2CCOCC2)nc(C=NNc2cccc(C)c2)n1. The van der Waals surface area contributed by atoms with E-state index in [0.29, 0.717) is 31.5 Å². The summed E-state index contributed by atoms with van der Waals surface area (Å²) in [6, 6.07) is 9.87. The number of nitrogens with zero attached hydrogens (tertiary/aromatic N) is 4. The zero-order chi connectivity index (χ0) is 18.9. The van der Waals surface area contributed by atoms with Gasteiger partial charge in [0.1, 0.15) is 12.4 Å². The van der Waals surface area contributed by atoms with Crippen LogP contribution in [0.25, 0.3) is 0 Å². The van der Waals surface area contributed by atoms with Crippen LogP contribution in [0.1, 0.15) is 11.4 Å². The molecule has 0 amide bonds. The van der Waals surface area contributed by atoms with Crippen LogP contribution >= 0.6 is 0 Å². The molecule has 1 aliphatic heterocycles. The van der Waals surface area contributed by atoms with Gasteiger partial charge >= 0.3 is 0 Å². The maximum absolute atomic E-state index is 5.75. The van der Waals surface area contributed by atoms with Crippen molar-refractivity contribution in [3.8, 4) is 5.88 Å². The summed E-state index contributed by atoms with van der Waals surface area (Å²) in [6.45, 7) is 6.30. The van der Waals surface area contributed by atoms with E-state index < -0.39 is 0 Å². The van der Waals surface area contributed by atoms with Gasteiger partial charge in [0.2, 0.25) is 5.88 Å². The number of aromatic nitrogens is 2. The van der Waals surface area contributed by atoms with E-state index >= 15 is 0 Å². The molecule has 27 heavy (non-hydrogen) atoms. The Kier molecular flexibility index (Phi) is 6.95. The molecule has 0 aliphatic carbocycles. The van der Waals surface area contributed by atoms with Gasteiger partial charge in [-0.15, -0.1) is 0 Å². The maximum atomic E-state index is 5.75. The second kappa shape index (κ2) is 9.84. The lowest BCUT2D eigenvalue weighted by molar-refractivity contribution is 0.122. The zero-order valence-corrected chi connectivity index (χ0v) is 15.8. The summed E-state index contributed by atoms with van der Waals surface area (Å²) in [4.78, 5) is 11.2. The van der Waals surface area contributed by atoms with Crippen LogP contribution < -0.4 is 20.4 Å². The maximum Gasteiger partial charge on any atom is 0.219 e. The molecular weight excluding hydrogens is 344 g/mol. The zero-order valence-electron chi connectivity index (χ0n) is 15.8. The van der Waals surface area contributed by atoms with E-state index in [-0.39, 0.29) is 0 Å². The van der Waals surface area contributed by atoms with Gasteiger partial charge in [0.15, 0.2) is 5.82 Å². The summed E-state index contributed by atoms with van der Waals surface area (Å²) in [5.41, 5.74) is 5.09. The van der Waals surface area contributed by atoms with Crippen LogP contribution in [0.15, 0.2) is 35.4 Å². The summed E-state index contributed by atoms with van der Waals surface area (Å²) in [7, 11) is 1.89. The number of benzene rings is 1. The summed E-state index contributed by atoms with van der Waals surface area (Å²) in [5, 5.41) is 7.32. The van der Waals surface area contributed by atoms with Gasteiger partial charge in [0.25, 0.3) is 0 Å². The van der Waals surface area contributed by atoms with E-state index in [4.69, 9.17) is 9.47 Å². The van der Waals surface area contributed by atoms with Crippen LogP contribution in [-0.4, -0.2) is 62.7 Å². The Morgan fingerprint density at radius 3 is 2.89 bits per heavy atom. The molecule has 1 aromatic heterocycles. The molecule has 2 N–H and O–H groups in total. The number of nitrogens with one attached hydrogen (secondary N) is 2. The highest BCUT2D eigenvalue weighted by Crippen LogP contribution is 2.18. The molecule has 8 nitrogen and oxygen atoms in total. The molecular formula is C19H26N6O2. The van der Waals surface area contributed by atoms with Gasteiger partial charge in [-0.3, -0.25) is 5.43 Å². The number of morpholine rings is 1. The first-order chi connectivity index (χ1) is 13.2. The predicted octanol–water partition coefficient (Wildman–Crippen LogP) is 1.67. The monoisotopic (exact) mass is 370 g/mol. The number of hydrazone groups is 1. The summed E-state index contributed by atoms with van der Waals surface area (Å²) < 4.78 is 11.2. The number of hydrogen-bond acceptors (Lipinski definition) is 8. The minimum Gasteiger partial charge on any atom is -0.476 e. The highest BCUT2D eigenvalue weighted by Gasteiger charge is 2.15. The first-order valence-electron chi connectivity index (χ1n) is 9.09. The average molecular weight is 370 g/mol. The van der Waals surface area contributed by atoms with Crippen LogP contribution in [-0.2, 0) is 4.74 Å². The Morgan fingerprint density at radius 2 is 2.11 bits per heavy atom. The average Bonchev–Trinajstić information content (AvgIpc) is 2.69. The molecule has 1 aliphatic rings. The number of hydrogen-bond donors (Lipinski definition) is 2. The number of anilines is 2. The quantitative estimate of drug-likeness (QED) is 0.415. The first kappa shape index (κ1) is 19.1. The van der Waals surface area contributed by atoms with Gasteiger partial charge in [-0.05, 0) is 31.7 Å². The third-order valence-electron chi connectivity index (χ3n) is 4.04. The molecule has 1 fully saturated rings. The van der Waals surface area contributed by atoms with Crippen LogP contribution in [0.3, 0.4) is 0 Å². The molecule has 8 heteroatoms. The van der Waals surface area contributed by atoms with Crippen LogP contribution in [0.4, 0.5) is 11.5 Å². The molecule has 1 aromatic carbocycles. The molecule has 2 heterocycles. The normalized spacial score (nSPS) is 14.5. The third-order valence-corrected chi connectivity index (χ3v) is 4.04. The minimum absolute atomic E-state index is 0.499. The van der Waals surface area contributed by atoms with E-state index in [0.717, 1.165) is 31.1 Å². The van der Waals surface area contributed by atoms with Gasteiger partial charge in [0.05, 0.1) is 25.1 Å². The topological polar surface area (TPSA) is 83.9 Å². The van der Waals surface area contributed by atoms with Crippen molar-refractivity contribution < 1.29 is 9.47 Å². The third kappa shape index (κ3) is 5.90. The summed E-state index contributed by atoms with van der Waals surface area (Å²) in [5.74, 6) is 1.86. The fourth-order valence-corrected chi connectivity index (χ4v) is 2.65. The van der Waals surface area contributed by atoms with Crippen LogP contribution in [0.2, 0.25) is 0 Å². The van der Waals surface area contributed by atoms with Gasteiger partial charge in [-0.2, -0.15) is 10.1 Å². The first-order valence-corrected chi connectivity index (χ1v) is 9.09. The molecule has 144 valence electrons. The fraction of sp³-hybridized carbons (Fsp3) is 0.421. The molecule has 1 saturated heterocycles. The Bertz CT molecular complexity index is 762. The minimum atomic E-state index is 0.499. The molecule has 0 radical (unpaired) electrons. The number of ether oxygens (including phenoxy) is 2. The van der Waals surface area contributed by atoms with Crippen molar-refractivity contribution >= 4 is 17.7 Å². The van der Waals surface area contributed by atoms with E-state index in [1.54, 1.807) is 6.21 Å². The largest absolute Gasteiger partial charge is 0.476 e. The van der Waals surface area contributed by atoms with E-state index in [9.17, 15) is 0 Å².